The van der Waals surface area contributed by atoms with Crippen LogP contribution in [0.1, 0.15) is 10.4 Å². The van der Waals surface area contributed by atoms with Crippen molar-refractivity contribution >= 4 is 11.9 Å². The average molecular weight is 283 g/mol. The Hall–Kier alpha value is -2.89. The molecule has 0 radical (unpaired) electrons. The highest BCUT2D eigenvalue weighted by molar-refractivity contribution is 5.94. The van der Waals surface area contributed by atoms with Crippen LogP contribution in [0.3, 0.4) is 0 Å². The molecule has 0 atom stereocenters. The lowest BCUT2D eigenvalue weighted by Gasteiger charge is -2.08. The largest absolute Gasteiger partial charge is 0.497 e. The van der Waals surface area contributed by atoms with Gasteiger partial charge in [-0.1, -0.05) is 0 Å². The van der Waals surface area contributed by atoms with Gasteiger partial charge in [-0.15, -0.1) is 0 Å². The van der Waals surface area contributed by atoms with E-state index in [9.17, 15) is 4.79 Å². The number of fused-ring (bicyclic) bond motifs is 1. The first-order chi connectivity index (χ1) is 10.3. The Morgan fingerprint density at radius 3 is 2.81 bits per heavy atom. The molecular formula is C15H13N3O3. The molecule has 0 bridgehead atoms. The summed E-state index contributed by atoms with van der Waals surface area (Å²) in [6.45, 7) is 0. The Morgan fingerprint density at radius 2 is 2.10 bits per heavy atom. The van der Waals surface area contributed by atoms with E-state index in [1.54, 1.807) is 49.3 Å². The molecule has 3 rings (SSSR count). The number of carbonyl (C=O) groups excluding carboxylic acids is 1. The van der Waals surface area contributed by atoms with Crippen molar-refractivity contribution in [2.45, 2.75) is 0 Å². The second kappa shape index (κ2) is 5.24. The number of aldehydes is 1. The van der Waals surface area contributed by atoms with E-state index < -0.39 is 0 Å². The highest BCUT2D eigenvalue weighted by Gasteiger charge is 2.18. The van der Waals surface area contributed by atoms with Gasteiger partial charge in [0, 0.05) is 24.0 Å². The zero-order valence-electron chi connectivity index (χ0n) is 11.6. The summed E-state index contributed by atoms with van der Waals surface area (Å²) in [4.78, 5) is 15.6. The number of rotatable bonds is 4. The summed E-state index contributed by atoms with van der Waals surface area (Å²) in [5, 5.41) is 4.42. The molecule has 6 heteroatoms. The third-order valence-corrected chi connectivity index (χ3v) is 3.21. The van der Waals surface area contributed by atoms with E-state index in [4.69, 9.17) is 9.47 Å². The Bertz CT molecular complexity index is 811. The van der Waals surface area contributed by atoms with Gasteiger partial charge in [-0.25, -0.2) is 9.50 Å². The van der Waals surface area contributed by atoms with Crippen LogP contribution in [0.4, 0.5) is 0 Å². The highest BCUT2D eigenvalue weighted by atomic mass is 16.5. The normalized spacial score (nSPS) is 10.6. The zero-order valence-corrected chi connectivity index (χ0v) is 11.6. The first-order valence-electron chi connectivity index (χ1n) is 6.29. The number of hydrogen-bond acceptors (Lipinski definition) is 5. The molecular weight excluding hydrogens is 270 g/mol. The van der Waals surface area contributed by atoms with Crippen molar-refractivity contribution in [2.75, 3.05) is 14.2 Å². The van der Waals surface area contributed by atoms with Gasteiger partial charge >= 0.3 is 0 Å². The Labute approximate surface area is 120 Å². The van der Waals surface area contributed by atoms with E-state index in [-0.39, 0.29) is 0 Å². The molecule has 0 amide bonds. The number of methoxy groups -OCH3 is 2. The van der Waals surface area contributed by atoms with E-state index in [0.717, 1.165) is 6.29 Å². The summed E-state index contributed by atoms with van der Waals surface area (Å²) < 4.78 is 12.1. The van der Waals surface area contributed by atoms with Crippen molar-refractivity contribution in [1.82, 2.24) is 14.6 Å². The van der Waals surface area contributed by atoms with Crippen molar-refractivity contribution in [3.8, 4) is 22.8 Å². The summed E-state index contributed by atoms with van der Waals surface area (Å²) >= 11 is 0. The predicted molar refractivity (Wildman–Crippen MR) is 76.9 cm³/mol. The minimum absolute atomic E-state index is 0.430. The van der Waals surface area contributed by atoms with Crippen LogP contribution in [-0.4, -0.2) is 35.1 Å². The Balaban J connectivity index is 2.27. The van der Waals surface area contributed by atoms with Gasteiger partial charge in [0.05, 0.1) is 19.8 Å². The first kappa shape index (κ1) is 13.1. The summed E-state index contributed by atoms with van der Waals surface area (Å²) in [7, 11) is 3.15. The van der Waals surface area contributed by atoms with Gasteiger partial charge in [0.1, 0.15) is 17.2 Å². The number of aromatic nitrogens is 3. The van der Waals surface area contributed by atoms with Crippen LogP contribution in [0.15, 0.2) is 36.7 Å². The topological polar surface area (TPSA) is 65.7 Å². The van der Waals surface area contributed by atoms with Crippen LogP contribution in [0.25, 0.3) is 16.9 Å². The van der Waals surface area contributed by atoms with E-state index >= 15 is 0 Å². The van der Waals surface area contributed by atoms with Gasteiger partial charge in [0.2, 0.25) is 0 Å². The molecule has 6 nitrogen and oxygen atoms in total. The minimum atomic E-state index is 0.430. The van der Waals surface area contributed by atoms with Crippen LogP contribution in [-0.2, 0) is 0 Å². The first-order valence-corrected chi connectivity index (χ1v) is 6.29. The van der Waals surface area contributed by atoms with Crippen molar-refractivity contribution < 1.29 is 14.3 Å². The van der Waals surface area contributed by atoms with Crippen LogP contribution < -0.4 is 9.47 Å². The van der Waals surface area contributed by atoms with Crippen molar-refractivity contribution in [2.24, 2.45) is 0 Å². The molecule has 106 valence electrons. The second-order valence-corrected chi connectivity index (χ2v) is 4.33. The molecule has 21 heavy (non-hydrogen) atoms. The Kier molecular flexibility index (Phi) is 3.27. The summed E-state index contributed by atoms with van der Waals surface area (Å²) in [5.74, 6) is 1.26. The minimum Gasteiger partial charge on any atom is -0.497 e. The molecule has 3 aromatic rings. The number of hydrogen-bond donors (Lipinski definition) is 0. The molecule has 0 aliphatic carbocycles. The van der Waals surface area contributed by atoms with Crippen molar-refractivity contribution in [3.63, 3.8) is 0 Å². The van der Waals surface area contributed by atoms with Gasteiger partial charge in [0.15, 0.2) is 11.9 Å². The monoisotopic (exact) mass is 283 g/mol. The van der Waals surface area contributed by atoms with Gasteiger partial charge in [-0.2, -0.15) is 5.10 Å². The van der Waals surface area contributed by atoms with Crippen LogP contribution >= 0.6 is 0 Å². The smallest absolute Gasteiger partial charge is 0.166 e. The SMILES string of the molecule is COc1ccc(-c2nn3cccnc3c2C=O)c(OC)c1. The molecule has 0 fully saturated rings. The van der Waals surface area contributed by atoms with E-state index in [2.05, 4.69) is 10.1 Å². The standard InChI is InChI=1S/C15H13N3O3/c1-20-10-4-5-11(13(8-10)21-2)14-12(9-19)15-16-6-3-7-18(15)17-14/h3-9H,1-2H3. The predicted octanol–water partition coefficient (Wildman–Crippen LogP) is 2.23. The maximum absolute atomic E-state index is 11.4. The summed E-state index contributed by atoms with van der Waals surface area (Å²) in [5.41, 5.74) is 2.19. The fraction of sp³-hybridized carbons (Fsp3) is 0.133. The number of nitrogens with zero attached hydrogens (tertiary/aromatic N) is 3. The maximum atomic E-state index is 11.4. The second-order valence-electron chi connectivity index (χ2n) is 4.33. The fourth-order valence-electron chi connectivity index (χ4n) is 2.21. The molecule has 0 unspecified atom stereocenters. The molecule has 2 heterocycles. The molecule has 0 aliphatic heterocycles. The molecule has 0 aliphatic rings. The summed E-state index contributed by atoms with van der Waals surface area (Å²) in [6.07, 6.45) is 4.13. The fourth-order valence-corrected chi connectivity index (χ4v) is 2.21. The lowest BCUT2D eigenvalue weighted by Crippen LogP contribution is -1.93. The molecule has 0 N–H and O–H groups in total. The zero-order chi connectivity index (χ0) is 14.8. The summed E-state index contributed by atoms with van der Waals surface area (Å²) in [6, 6.07) is 7.11. The number of benzene rings is 1. The maximum Gasteiger partial charge on any atom is 0.166 e. The van der Waals surface area contributed by atoms with E-state index in [1.165, 1.54) is 0 Å². The van der Waals surface area contributed by atoms with Gasteiger partial charge in [0.25, 0.3) is 0 Å². The molecule has 1 aromatic carbocycles. The molecule has 0 spiro atoms. The quantitative estimate of drug-likeness (QED) is 0.687. The van der Waals surface area contributed by atoms with Gasteiger partial charge in [-0.05, 0) is 18.2 Å². The lowest BCUT2D eigenvalue weighted by molar-refractivity contribution is 0.112. The third-order valence-electron chi connectivity index (χ3n) is 3.21. The van der Waals surface area contributed by atoms with Crippen LogP contribution in [0.5, 0.6) is 11.5 Å². The van der Waals surface area contributed by atoms with E-state index in [1.807, 2.05) is 6.07 Å². The Morgan fingerprint density at radius 1 is 1.24 bits per heavy atom. The van der Waals surface area contributed by atoms with E-state index in [0.29, 0.717) is 34.0 Å². The highest BCUT2D eigenvalue weighted by Crippen LogP contribution is 2.34. The molecule has 2 aromatic heterocycles. The molecule has 0 saturated heterocycles. The third kappa shape index (κ3) is 2.10. The number of ether oxygens (including phenoxy) is 2. The van der Waals surface area contributed by atoms with Crippen LogP contribution in [0.2, 0.25) is 0 Å². The van der Waals surface area contributed by atoms with Gasteiger partial charge in [-0.3, -0.25) is 4.79 Å². The van der Waals surface area contributed by atoms with Crippen molar-refractivity contribution in [3.05, 3.63) is 42.2 Å². The van der Waals surface area contributed by atoms with Gasteiger partial charge < -0.3 is 9.47 Å². The number of carbonyl (C=O) groups is 1. The lowest BCUT2D eigenvalue weighted by atomic mass is 10.1. The average Bonchev–Trinajstić information content (AvgIpc) is 2.92. The molecule has 0 saturated carbocycles. The van der Waals surface area contributed by atoms with Crippen molar-refractivity contribution in [1.29, 1.82) is 0 Å². The van der Waals surface area contributed by atoms with Crippen LogP contribution in [0, 0.1) is 0 Å².